The van der Waals surface area contributed by atoms with Crippen LogP contribution in [0.4, 0.5) is 0 Å². The van der Waals surface area contributed by atoms with Gasteiger partial charge in [-0.25, -0.2) is 4.98 Å². The van der Waals surface area contributed by atoms with Gasteiger partial charge in [-0.2, -0.15) is 5.10 Å². The van der Waals surface area contributed by atoms with E-state index in [-0.39, 0.29) is 30.7 Å². The number of ether oxygens (including phenoxy) is 2. The predicted octanol–water partition coefficient (Wildman–Crippen LogP) is -0.544. The summed E-state index contributed by atoms with van der Waals surface area (Å²) in [4.78, 5) is 28.3. The number of H-pyrrole nitrogens is 1. The Morgan fingerprint density at radius 3 is 2.72 bits per heavy atom. The maximum absolute atomic E-state index is 12.0. The molecular weight excluding hydrogens is 240 g/mol. The van der Waals surface area contributed by atoms with E-state index in [9.17, 15) is 9.59 Å². The molecule has 0 bridgehead atoms. The van der Waals surface area contributed by atoms with Gasteiger partial charge in [0.05, 0.1) is 20.1 Å². The van der Waals surface area contributed by atoms with Gasteiger partial charge in [-0.3, -0.25) is 14.7 Å². The third-order valence-corrected chi connectivity index (χ3v) is 2.28. The Bertz CT molecular complexity index is 379. The molecule has 0 unspecified atom stereocenters. The first kappa shape index (κ1) is 14.1. The maximum Gasteiger partial charge on any atom is 0.307 e. The number of nitrogens with zero attached hydrogens (tertiary/aromatic N) is 3. The molecule has 0 saturated heterocycles. The predicted molar refractivity (Wildman–Crippen MR) is 60.8 cm³/mol. The summed E-state index contributed by atoms with van der Waals surface area (Å²) in [5.41, 5.74) is 0. The van der Waals surface area contributed by atoms with Crippen LogP contribution >= 0.6 is 0 Å². The molecule has 100 valence electrons. The third kappa shape index (κ3) is 4.13. The van der Waals surface area contributed by atoms with E-state index in [0.717, 1.165) is 0 Å². The Hall–Kier alpha value is -1.96. The van der Waals surface area contributed by atoms with Crippen LogP contribution in [0.3, 0.4) is 0 Å². The number of hydrogen-bond donors (Lipinski definition) is 1. The number of rotatable bonds is 7. The molecule has 8 nitrogen and oxygen atoms in total. The van der Waals surface area contributed by atoms with E-state index in [0.29, 0.717) is 13.2 Å². The van der Waals surface area contributed by atoms with Crippen LogP contribution in [0.15, 0.2) is 6.33 Å². The largest absolute Gasteiger partial charge is 0.469 e. The number of carbonyl (C=O) groups excluding carboxylic acids is 2. The Balaban J connectivity index is 2.59. The van der Waals surface area contributed by atoms with Crippen molar-refractivity contribution < 1.29 is 19.1 Å². The highest BCUT2D eigenvalue weighted by atomic mass is 16.5. The lowest BCUT2D eigenvalue weighted by molar-refractivity contribution is -0.140. The van der Waals surface area contributed by atoms with Crippen LogP contribution in [0.5, 0.6) is 0 Å². The molecule has 0 aliphatic carbocycles. The van der Waals surface area contributed by atoms with Crippen molar-refractivity contribution >= 4 is 11.9 Å². The molecule has 0 aliphatic rings. The second-order valence-corrected chi connectivity index (χ2v) is 3.45. The summed E-state index contributed by atoms with van der Waals surface area (Å²) in [5.74, 6) is -0.563. The summed E-state index contributed by atoms with van der Waals surface area (Å²) in [6.45, 7) is 0.990. The minimum absolute atomic E-state index is 0.125. The van der Waals surface area contributed by atoms with Gasteiger partial charge in [0.2, 0.25) is 5.82 Å². The van der Waals surface area contributed by atoms with Crippen molar-refractivity contribution in [1.82, 2.24) is 20.1 Å². The molecule has 1 heterocycles. The molecule has 0 aromatic carbocycles. The minimum Gasteiger partial charge on any atom is -0.469 e. The van der Waals surface area contributed by atoms with Crippen LogP contribution in [-0.2, 0) is 14.3 Å². The van der Waals surface area contributed by atoms with Crippen molar-refractivity contribution in [1.29, 1.82) is 0 Å². The van der Waals surface area contributed by atoms with Gasteiger partial charge in [-0.1, -0.05) is 0 Å². The van der Waals surface area contributed by atoms with E-state index in [4.69, 9.17) is 4.74 Å². The van der Waals surface area contributed by atoms with Gasteiger partial charge in [0.1, 0.15) is 6.33 Å². The molecule has 0 radical (unpaired) electrons. The smallest absolute Gasteiger partial charge is 0.307 e. The molecule has 1 aromatic heterocycles. The number of carbonyl (C=O) groups is 2. The SMILES string of the molecule is COCCN(CCC(=O)OC)C(=O)c1ncn[nH]1. The summed E-state index contributed by atoms with van der Waals surface area (Å²) in [5, 5.41) is 6.10. The van der Waals surface area contributed by atoms with E-state index in [1.807, 2.05) is 0 Å². The molecule has 18 heavy (non-hydrogen) atoms. The Kier molecular flexibility index (Phi) is 5.78. The fraction of sp³-hybridized carbons (Fsp3) is 0.600. The summed E-state index contributed by atoms with van der Waals surface area (Å²) in [7, 11) is 2.84. The molecule has 1 aromatic rings. The van der Waals surface area contributed by atoms with Crippen molar-refractivity contribution in [2.24, 2.45) is 0 Å². The normalized spacial score (nSPS) is 10.1. The van der Waals surface area contributed by atoms with Crippen LogP contribution in [0.25, 0.3) is 0 Å². The molecule has 1 N–H and O–H groups in total. The lowest BCUT2D eigenvalue weighted by Crippen LogP contribution is -2.36. The van der Waals surface area contributed by atoms with Crippen molar-refractivity contribution in [3.05, 3.63) is 12.2 Å². The highest BCUT2D eigenvalue weighted by Gasteiger charge is 2.19. The molecule has 1 amide bonds. The first-order valence-electron chi connectivity index (χ1n) is 5.39. The number of esters is 1. The van der Waals surface area contributed by atoms with Crippen LogP contribution in [-0.4, -0.2) is 65.9 Å². The molecular formula is C10H16N4O4. The van der Waals surface area contributed by atoms with Crippen LogP contribution in [0.2, 0.25) is 0 Å². The van der Waals surface area contributed by atoms with Crippen LogP contribution in [0.1, 0.15) is 17.0 Å². The lowest BCUT2D eigenvalue weighted by atomic mass is 10.3. The average molecular weight is 256 g/mol. The summed E-state index contributed by atoms with van der Waals surface area (Å²) in [6, 6.07) is 0. The molecule has 0 spiro atoms. The van der Waals surface area contributed by atoms with E-state index in [2.05, 4.69) is 19.9 Å². The van der Waals surface area contributed by atoms with Gasteiger partial charge in [0.25, 0.3) is 5.91 Å². The van der Waals surface area contributed by atoms with Crippen LogP contribution < -0.4 is 0 Å². The second-order valence-electron chi connectivity index (χ2n) is 3.45. The quantitative estimate of drug-likeness (QED) is 0.658. The fourth-order valence-electron chi connectivity index (χ4n) is 1.30. The zero-order chi connectivity index (χ0) is 13.4. The van der Waals surface area contributed by atoms with E-state index < -0.39 is 0 Å². The van der Waals surface area contributed by atoms with Crippen molar-refractivity contribution in [3.8, 4) is 0 Å². The van der Waals surface area contributed by atoms with E-state index in [1.165, 1.54) is 25.4 Å². The van der Waals surface area contributed by atoms with Crippen LogP contribution in [0, 0.1) is 0 Å². The van der Waals surface area contributed by atoms with Gasteiger partial charge in [0.15, 0.2) is 0 Å². The van der Waals surface area contributed by atoms with E-state index in [1.54, 1.807) is 0 Å². The average Bonchev–Trinajstić information content (AvgIpc) is 2.91. The molecule has 0 saturated carbocycles. The molecule has 0 aliphatic heterocycles. The van der Waals surface area contributed by atoms with Gasteiger partial charge >= 0.3 is 5.97 Å². The second kappa shape index (κ2) is 7.38. The Morgan fingerprint density at radius 2 is 2.17 bits per heavy atom. The number of hydrogen-bond acceptors (Lipinski definition) is 6. The minimum atomic E-state index is -0.372. The van der Waals surface area contributed by atoms with Gasteiger partial charge in [-0.15, -0.1) is 0 Å². The maximum atomic E-state index is 12.0. The van der Waals surface area contributed by atoms with E-state index >= 15 is 0 Å². The lowest BCUT2D eigenvalue weighted by Gasteiger charge is -2.20. The van der Waals surface area contributed by atoms with Gasteiger partial charge in [-0.05, 0) is 0 Å². The molecule has 0 atom stereocenters. The number of amides is 1. The number of methoxy groups -OCH3 is 2. The monoisotopic (exact) mass is 256 g/mol. The summed E-state index contributed by atoms with van der Waals surface area (Å²) < 4.78 is 9.45. The van der Waals surface area contributed by atoms with Gasteiger partial charge < -0.3 is 14.4 Å². The molecule has 1 rings (SSSR count). The first-order valence-corrected chi connectivity index (χ1v) is 5.39. The van der Waals surface area contributed by atoms with Crippen molar-refractivity contribution in [2.75, 3.05) is 33.9 Å². The zero-order valence-corrected chi connectivity index (χ0v) is 10.4. The summed E-state index contributed by atoms with van der Waals surface area (Å²) in [6.07, 6.45) is 1.38. The number of aromatic nitrogens is 3. The zero-order valence-electron chi connectivity index (χ0n) is 10.4. The standard InChI is InChI=1S/C10H16N4O4/c1-17-6-5-14(4-3-8(15)18-2)10(16)9-11-7-12-13-9/h7H,3-6H2,1-2H3,(H,11,12,13). The molecule has 0 fully saturated rings. The topological polar surface area (TPSA) is 97.4 Å². The molecule has 8 heteroatoms. The first-order chi connectivity index (χ1) is 8.69. The third-order valence-electron chi connectivity index (χ3n) is 2.28. The Labute approximate surface area is 104 Å². The Morgan fingerprint density at radius 1 is 1.39 bits per heavy atom. The fourth-order valence-corrected chi connectivity index (χ4v) is 1.30. The highest BCUT2D eigenvalue weighted by molar-refractivity contribution is 5.90. The van der Waals surface area contributed by atoms with Crippen molar-refractivity contribution in [2.45, 2.75) is 6.42 Å². The number of nitrogens with one attached hydrogen (secondary N) is 1. The number of aromatic amines is 1. The highest BCUT2D eigenvalue weighted by Crippen LogP contribution is 2.00. The van der Waals surface area contributed by atoms with Gasteiger partial charge in [0, 0.05) is 20.2 Å². The summed E-state index contributed by atoms with van der Waals surface area (Å²) >= 11 is 0. The van der Waals surface area contributed by atoms with Crippen molar-refractivity contribution in [3.63, 3.8) is 0 Å².